The van der Waals surface area contributed by atoms with Crippen molar-refractivity contribution < 1.29 is 0 Å². The van der Waals surface area contributed by atoms with Gasteiger partial charge in [0.2, 0.25) is 0 Å². The minimum absolute atomic E-state index is 0.765. The first-order chi connectivity index (χ1) is 8.81. The number of nitrogens with zero attached hydrogens (tertiary/aromatic N) is 1. The van der Waals surface area contributed by atoms with Crippen molar-refractivity contribution >= 4 is 43.2 Å². The Kier molecular flexibility index (Phi) is 3.30. The first kappa shape index (κ1) is 11.7. The molecule has 3 aromatic rings. The zero-order valence-electron chi connectivity index (χ0n) is 9.56. The van der Waals surface area contributed by atoms with Gasteiger partial charge in [-0.15, -0.1) is 11.3 Å². The van der Waals surface area contributed by atoms with Crippen LogP contribution in [0.1, 0.15) is 5.01 Å². The molecule has 4 heteroatoms. The SMILES string of the molecule is Brc1ccc2sc(CNc3ccccc3)nc2c1. The Morgan fingerprint density at radius 2 is 1.94 bits per heavy atom. The third kappa shape index (κ3) is 2.54. The molecule has 0 amide bonds. The fraction of sp³-hybridized carbons (Fsp3) is 0.0714. The molecule has 0 saturated carbocycles. The van der Waals surface area contributed by atoms with Gasteiger partial charge >= 0.3 is 0 Å². The molecule has 3 rings (SSSR count). The van der Waals surface area contributed by atoms with E-state index in [1.807, 2.05) is 18.2 Å². The molecular formula is C14H11BrN2S. The van der Waals surface area contributed by atoms with Crippen LogP contribution in [0.4, 0.5) is 5.69 Å². The van der Waals surface area contributed by atoms with Crippen LogP contribution in [-0.4, -0.2) is 4.98 Å². The highest BCUT2D eigenvalue weighted by molar-refractivity contribution is 9.10. The van der Waals surface area contributed by atoms with Crippen molar-refractivity contribution in [1.29, 1.82) is 0 Å². The number of halogens is 1. The van der Waals surface area contributed by atoms with E-state index in [0.29, 0.717) is 0 Å². The normalized spacial score (nSPS) is 10.7. The fourth-order valence-electron chi connectivity index (χ4n) is 1.76. The minimum atomic E-state index is 0.765. The van der Waals surface area contributed by atoms with Crippen molar-refractivity contribution in [3.05, 3.63) is 58.0 Å². The van der Waals surface area contributed by atoms with Crippen LogP contribution in [0.5, 0.6) is 0 Å². The van der Waals surface area contributed by atoms with E-state index in [1.54, 1.807) is 11.3 Å². The second-order valence-electron chi connectivity index (χ2n) is 3.94. The van der Waals surface area contributed by atoms with E-state index in [2.05, 4.69) is 56.6 Å². The predicted octanol–water partition coefficient (Wildman–Crippen LogP) is 4.67. The van der Waals surface area contributed by atoms with Crippen molar-refractivity contribution in [2.75, 3.05) is 5.32 Å². The molecule has 0 fully saturated rings. The summed E-state index contributed by atoms with van der Waals surface area (Å²) in [5.74, 6) is 0. The summed E-state index contributed by atoms with van der Waals surface area (Å²) in [6.45, 7) is 0.765. The van der Waals surface area contributed by atoms with E-state index in [1.165, 1.54) is 4.70 Å². The smallest absolute Gasteiger partial charge is 0.113 e. The number of aromatic nitrogens is 1. The molecule has 0 aliphatic heterocycles. The van der Waals surface area contributed by atoms with Crippen LogP contribution < -0.4 is 5.32 Å². The van der Waals surface area contributed by atoms with Gasteiger partial charge in [0.1, 0.15) is 5.01 Å². The predicted molar refractivity (Wildman–Crippen MR) is 81.1 cm³/mol. The number of para-hydroxylation sites is 1. The van der Waals surface area contributed by atoms with Gasteiger partial charge in [-0.25, -0.2) is 4.98 Å². The molecule has 0 radical (unpaired) electrons. The molecule has 1 aromatic heterocycles. The van der Waals surface area contributed by atoms with Crippen molar-refractivity contribution in [2.24, 2.45) is 0 Å². The van der Waals surface area contributed by atoms with Gasteiger partial charge in [-0.1, -0.05) is 34.1 Å². The van der Waals surface area contributed by atoms with Gasteiger partial charge in [0, 0.05) is 10.2 Å². The molecule has 0 unspecified atom stereocenters. The van der Waals surface area contributed by atoms with E-state index in [-0.39, 0.29) is 0 Å². The Bertz CT molecular complexity index is 664. The highest BCUT2D eigenvalue weighted by Crippen LogP contribution is 2.25. The number of hydrogen-bond acceptors (Lipinski definition) is 3. The summed E-state index contributed by atoms with van der Waals surface area (Å²) in [7, 11) is 0. The van der Waals surface area contributed by atoms with E-state index in [4.69, 9.17) is 0 Å². The monoisotopic (exact) mass is 318 g/mol. The van der Waals surface area contributed by atoms with Gasteiger partial charge in [-0.2, -0.15) is 0 Å². The number of rotatable bonds is 3. The summed E-state index contributed by atoms with van der Waals surface area (Å²) in [5.41, 5.74) is 2.18. The summed E-state index contributed by atoms with van der Waals surface area (Å²) in [6.07, 6.45) is 0. The Hall–Kier alpha value is -1.39. The Labute approximate surface area is 118 Å². The van der Waals surface area contributed by atoms with Crippen LogP contribution >= 0.6 is 27.3 Å². The maximum absolute atomic E-state index is 4.61. The van der Waals surface area contributed by atoms with Crippen molar-refractivity contribution in [3.8, 4) is 0 Å². The lowest BCUT2D eigenvalue weighted by Gasteiger charge is -2.02. The van der Waals surface area contributed by atoms with E-state index in [0.717, 1.165) is 27.2 Å². The van der Waals surface area contributed by atoms with Gasteiger partial charge in [-0.05, 0) is 30.3 Å². The summed E-state index contributed by atoms with van der Waals surface area (Å²) in [4.78, 5) is 4.61. The summed E-state index contributed by atoms with van der Waals surface area (Å²) in [6, 6.07) is 16.4. The molecular weight excluding hydrogens is 308 g/mol. The minimum Gasteiger partial charge on any atom is -0.379 e. The number of benzene rings is 2. The van der Waals surface area contributed by atoms with Gasteiger partial charge in [0.15, 0.2) is 0 Å². The van der Waals surface area contributed by atoms with Gasteiger partial charge < -0.3 is 5.32 Å². The van der Waals surface area contributed by atoms with Crippen LogP contribution in [0.2, 0.25) is 0 Å². The van der Waals surface area contributed by atoms with E-state index in [9.17, 15) is 0 Å². The van der Waals surface area contributed by atoms with Crippen LogP contribution in [0.3, 0.4) is 0 Å². The molecule has 90 valence electrons. The molecule has 1 heterocycles. The average molecular weight is 319 g/mol. The summed E-state index contributed by atoms with van der Waals surface area (Å²) in [5, 5.41) is 4.48. The molecule has 0 aliphatic rings. The van der Waals surface area contributed by atoms with E-state index < -0.39 is 0 Å². The summed E-state index contributed by atoms with van der Waals surface area (Å²) < 4.78 is 2.30. The molecule has 2 aromatic carbocycles. The number of fused-ring (bicyclic) bond motifs is 1. The maximum atomic E-state index is 4.61. The largest absolute Gasteiger partial charge is 0.379 e. The van der Waals surface area contributed by atoms with Gasteiger partial charge in [0.25, 0.3) is 0 Å². The van der Waals surface area contributed by atoms with Gasteiger partial charge in [-0.3, -0.25) is 0 Å². The topological polar surface area (TPSA) is 24.9 Å². The second-order valence-corrected chi connectivity index (χ2v) is 5.97. The third-order valence-corrected chi connectivity index (χ3v) is 4.14. The molecule has 1 N–H and O–H groups in total. The Balaban J connectivity index is 1.79. The molecule has 0 spiro atoms. The van der Waals surface area contributed by atoms with Crippen LogP contribution in [0.25, 0.3) is 10.2 Å². The summed E-state index contributed by atoms with van der Waals surface area (Å²) >= 11 is 5.20. The molecule has 0 aliphatic carbocycles. The lowest BCUT2D eigenvalue weighted by molar-refractivity contribution is 1.12. The number of nitrogens with one attached hydrogen (secondary N) is 1. The van der Waals surface area contributed by atoms with Crippen molar-refractivity contribution in [3.63, 3.8) is 0 Å². The lowest BCUT2D eigenvalue weighted by Crippen LogP contribution is -1.97. The first-order valence-corrected chi connectivity index (χ1v) is 7.26. The highest BCUT2D eigenvalue weighted by atomic mass is 79.9. The Morgan fingerprint density at radius 1 is 1.11 bits per heavy atom. The van der Waals surface area contributed by atoms with Crippen molar-refractivity contribution in [2.45, 2.75) is 6.54 Å². The van der Waals surface area contributed by atoms with Crippen LogP contribution in [-0.2, 0) is 6.54 Å². The molecule has 0 saturated heterocycles. The van der Waals surface area contributed by atoms with Crippen LogP contribution in [0.15, 0.2) is 53.0 Å². The standard InChI is InChI=1S/C14H11BrN2S/c15-10-6-7-13-12(8-10)17-14(18-13)9-16-11-4-2-1-3-5-11/h1-8,16H,9H2. The number of hydrogen-bond donors (Lipinski definition) is 1. The molecule has 0 bridgehead atoms. The zero-order valence-corrected chi connectivity index (χ0v) is 12.0. The van der Waals surface area contributed by atoms with Gasteiger partial charge in [0.05, 0.1) is 16.8 Å². The molecule has 2 nitrogen and oxygen atoms in total. The van der Waals surface area contributed by atoms with E-state index >= 15 is 0 Å². The number of thiazole rings is 1. The second kappa shape index (κ2) is 5.08. The van der Waals surface area contributed by atoms with Crippen LogP contribution in [0, 0.1) is 0 Å². The Morgan fingerprint density at radius 3 is 2.78 bits per heavy atom. The molecule has 18 heavy (non-hydrogen) atoms. The quantitative estimate of drug-likeness (QED) is 0.759. The highest BCUT2D eigenvalue weighted by Gasteiger charge is 2.03. The number of anilines is 1. The average Bonchev–Trinajstić information content (AvgIpc) is 2.79. The molecule has 0 atom stereocenters. The third-order valence-electron chi connectivity index (χ3n) is 2.61. The zero-order chi connectivity index (χ0) is 12.4. The van der Waals surface area contributed by atoms with Crippen molar-refractivity contribution in [1.82, 2.24) is 4.98 Å². The maximum Gasteiger partial charge on any atom is 0.113 e. The fourth-order valence-corrected chi connectivity index (χ4v) is 2.99. The first-order valence-electron chi connectivity index (χ1n) is 5.65. The lowest BCUT2D eigenvalue weighted by atomic mass is 10.3.